The molecule has 6 heteroatoms. The van der Waals surface area contributed by atoms with E-state index in [9.17, 15) is 18.8 Å². The zero-order chi connectivity index (χ0) is 17.1. The predicted octanol–water partition coefficient (Wildman–Crippen LogP) is 2.33. The average Bonchev–Trinajstić information content (AvgIpc) is 2.50. The van der Waals surface area contributed by atoms with Crippen molar-refractivity contribution in [1.29, 1.82) is 0 Å². The van der Waals surface area contributed by atoms with Crippen LogP contribution >= 0.6 is 0 Å². The van der Waals surface area contributed by atoms with Gasteiger partial charge in [-0.25, -0.2) is 9.18 Å². The van der Waals surface area contributed by atoms with Crippen molar-refractivity contribution < 1.29 is 18.7 Å². The number of carbonyl (C=O) groups excluding carboxylic acids is 2. The Balaban J connectivity index is 2.44. The van der Waals surface area contributed by atoms with Crippen LogP contribution in [0.1, 0.15) is 24.2 Å². The largest absolute Gasteiger partial charge is 0.451 e. The van der Waals surface area contributed by atoms with Crippen LogP contribution in [-0.4, -0.2) is 22.4 Å². The molecule has 0 spiro atoms. The Kier molecular flexibility index (Phi) is 4.74. The molecule has 0 aliphatic rings. The van der Waals surface area contributed by atoms with Crippen LogP contribution < -0.4 is 5.56 Å². The SMILES string of the molecule is CC(=O)C(C)OC(=O)c1cc(-c2ccc(F)cc2)c(=O)n(C)c1. The number of ketones is 1. The molecule has 0 saturated carbocycles. The Morgan fingerprint density at radius 2 is 1.83 bits per heavy atom. The maximum atomic E-state index is 13.0. The standard InChI is InChI=1S/C17H16FNO4/c1-10(20)11(2)23-17(22)13-8-15(16(21)19(3)9-13)12-4-6-14(18)7-5-12/h4-9,11H,1-3H3. The Morgan fingerprint density at radius 3 is 2.39 bits per heavy atom. The van der Waals surface area contributed by atoms with Crippen molar-refractivity contribution in [2.24, 2.45) is 7.05 Å². The van der Waals surface area contributed by atoms with Crippen molar-refractivity contribution in [3.05, 3.63) is 58.3 Å². The van der Waals surface area contributed by atoms with Gasteiger partial charge in [0.2, 0.25) is 0 Å². The molecular weight excluding hydrogens is 301 g/mol. The van der Waals surface area contributed by atoms with E-state index in [0.717, 1.165) is 0 Å². The fourth-order valence-electron chi connectivity index (χ4n) is 1.97. The lowest BCUT2D eigenvalue weighted by molar-refractivity contribution is -0.124. The second-order valence-electron chi connectivity index (χ2n) is 5.22. The number of hydrogen-bond acceptors (Lipinski definition) is 4. The highest BCUT2D eigenvalue weighted by atomic mass is 19.1. The molecule has 5 nitrogen and oxygen atoms in total. The van der Waals surface area contributed by atoms with Crippen molar-refractivity contribution in [3.63, 3.8) is 0 Å². The molecule has 120 valence electrons. The lowest BCUT2D eigenvalue weighted by Gasteiger charge is -2.12. The van der Waals surface area contributed by atoms with Gasteiger partial charge in [-0.3, -0.25) is 9.59 Å². The summed E-state index contributed by atoms with van der Waals surface area (Å²) in [5.41, 5.74) is 0.547. The highest BCUT2D eigenvalue weighted by molar-refractivity contribution is 5.93. The number of halogens is 1. The molecule has 1 aromatic heterocycles. The summed E-state index contributed by atoms with van der Waals surface area (Å²) in [6.45, 7) is 2.80. The molecule has 0 amide bonds. The molecule has 0 fully saturated rings. The normalized spacial score (nSPS) is 11.8. The minimum Gasteiger partial charge on any atom is -0.451 e. The summed E-state index contributed by atoms with van der Waals surface area (Å²) < 4.78 is 19.3. The van der Waals surface area contributed by atoms with Crippen LogP contribution in [0.25, 0.3) is 11.1 Å². The van der Waals surface area contributed by atoms with Crippen molar-refractivity contribution in [2.75, 3.05) is 0 Å². The average molecular weight is 317 g/mol. The first kappa shape index (κ1) is 16.6. The summed E-state index contributed by atoms with van der Waals surface area (Å²) in [4.78, 5) is 35.5. The van der Waals surface area contributed by atoms with Crippen LogP contribution in [0.2, 0.25) is 0 Å². The highest BCUT2D eigenvalue weighted by Crippen LogP contribution is 2.18. The van der Waals surface area contributed by atoms with Gasteiger partial charge < -0.3 is 9.30 Å². The zero-order valence-corrected chi connectivity index (χ0v) is 13.0. The molecule has 23 heavy (non-hydrogen) atoms. The summed E-state index contributed by atoms with van der Waals surface area (Å²) in [7, 11) is 1.50. The highest BCUT2D eigenvalue weighted by Gasteiger charge is 2.18. The molecule has 0 aliphatic carbocycles. The number of nitrogens with zero attached hydrogens (tertiary/aromatic N) is 1. The maximum Gasteiger partial charge on any atom is 0.340 e. The molecular formula is C17H16FNO4. The summed E-state index contributed by atoms with van der Waals surface area (Å²) in [5.74, 6) is -1.40. The van der Waals surface area contributed by atoms with Crippen LogP contribution in [0.5, 0.6) is 0 Å². The van der Waals surface area contributed by atoms with Gasteiger partial charge in [0.25, 0.3) is 5.56 Å². The van der Waals surface area contributed by atoms with Gasteiger partial charge in [-0.1, -0.05) is 12.1 Å². The van der Waals surface area contributed by atoms with Crippen molar-refractivity contribution >= 4 is 11.8 Å². The van der Waals surface area contributed by atoms with Crippen molar-refractivity contribution in [3.8, 4) is 11.1 Å². The number of esters is 1. The predicted molar refractivity (Wildman–Crippen MR) is 82.6 cm³/mol. The van der Waals surface area contributed by atoms with Gasteiger partial charge in [0.15, 0.2) is 11.9 Å². The minimum atomic E-state index is -0.867. The molecule has 0 aliphatic heterocycles. The molecule has 2 aromatic rings. The number of Topliss-reactive ketones (excluding diaryl/α,β-unsaturated/α-hetero) is 1. The van der Waals surface area contributed by atoms with Gasteiger partial charge in [-0.05, 0) is 37.6 Å². The third-order valence-electron chi connectivity index (χ3n) is 3.43. The Hall–Kier alpha value is -2.76. The molecule has 0 radical (unpaired) electrons. The third-order valence-corrected chi connectivity index (χ3v) is 3.43. The van der Waals surface area contributed by atoms with E-state index in [2.05, 4.69) is 0 Å². The number of aryl methyl sites for hydroxylation is 1. The Morgan fingerprint density at radius 1 is 1.22 bits per heavy atom. The van der Waals surface area contributed by atoms with Crippen LogP contribution in [0.15, 0.2) is 41.3 Å². The number of hydrogen-bond donors (Lipinski definition) is 0. The van der Waals surface area contributed by atoms with Gasteiger partial charge in [0.05, 0.1) is 5.56 Å². The number of benzene rings is 1. The van der Waals surface area contributed by atoms with E-state index < -0.39 is 17.9 Å². The van der Waals surface area contributed by atoms with E-state index in [4.69, 9.17) is 4.74 Å². The number of ether oxygens (including phenoxy) is 1. The van der Waals surface area contributed by atoms with E-state index in [0.29, 0.717) is 5.56 Å². The van der Waals surface area contributed by atoms with Crippen LogP contribution in [0, 0.1) is 5.82 Å². The summed E-state index contributed by atoms with van der Waals surface area (Å²) in [6.07, 6.45) is 0.471. The van der Waals surface area contributed by atoms with Gasteiger partial charge in [0, 0.05) is 18.8 Å². The van der Waals surface area contributed by atoms with Crippen LogP contribution in [-0.2, 0) is 16.6 Å². The van der Waals surface area contributed by atoms with E-state index in [-0.39, 0.29) is 22.5 Å². The summed E-state index contributed by atoms with van der Waals surface area (Å²) in [6, 6.07) is 6.76. The van der Waals surface area contributed by atoms with Gasteiger partial charge in [0.1, 0.15) is 5.82 Å². The zero-order valence-electron chi connectivity index (χ0n) is 13.0. The number of pyridine rings is 1. The molecule has 0 saturated heterocycles. The summed E-state index contributed by atoms with van der Waals surface area (Å²) in [5, 5.41) is 0. The Labute approximate surface area is 132 Å². The first-order chi connectivity index (χ1) is 10.8. The van der Waals surface area contributed by atoms with Gasteiger partial charge >= 0.3 is 5.97 Å². The lowest BCUT2D eigenvalue weighted by Crippen LogP contribution is -2.24. The summed E-state index contributed by atoms with van der Waals surface area (Å²) >= 11 is 0. The van der Waals surface area contributed by atoms with Crippen LogP contribution in [0.4, 0.5) is 4.39 Å². The third kappa shape index (κ3) is 3.71. The van der Waals surface area contributed by atoms with Crippen molar-refractivity contribution in [2.45, 2.75) is 20.0 Å². The maximum absolute atomic E-state index is 13.0. The van der Waals surface area contributed by atoms with E-state index in [1.54, 1.807) is 0 Å². The molecule has 1 aromatic carbocycles. The minimum absolute atomic E-state index is 0.138. The number of rotatable bonds is 4. The van der Waals surface area contributed by atoms with E-state index >= 15 is 0 Å². The molecule has 1 atom stereocenters. The van der Waals surface area contributed by atoms with E-state index in [1.165, 1.54) is 62.0 Å². The molecule has 0 bridgehead atoms. The number of carbonyl (C=O) groups is 2. The van der Waals surface area contributed by atoms with Crippen molar-refractivity contribution in [1.82, 2.24) is 4.57 Å². The first-order valence-corrected chi connectivity index (χ1v) is 6.97. The lowest BCUT2D eigenvalue weighted by atomic mass is 10.1. The second-order valence-corrected chi connectivity index (χ2v) is 5.22. The fraction of sp³-hybridized carbons (Fsp3) is 0.235. The van der Waals surface area contributed by atoms with Gasteiger partial charge in [-0.15, -0.1) is 0 Å². The molecule has 2 rings (SSSR count). The van der Waals surface area contributed by atoms with Gasteiger partial charge in [-0.2, -0.15) is 0 Å². The first-order valence-electron chi connectivity index (χ1n) is 6.97. The monoisotopic (exact) mass is 317 g/mol. The molecule has 1 unspecified atom stereocenters. The smallest absolute Gasteiger partial charge is 0.340 e. The molecule has 1 heterocycles. The van der Waals surface area contributed by atoms with Crippen LogP contribution in [0.3, 0.4) is 0 Å². The number of aromatic nitrogens is 1. The topological polar surface area (TPSA) is 65.4 Å². The van der Waals surface area contributed by atoms with E-state index in [1.807, 2.05) is 0 Å². The second kappa shape index (κ2) is 6.56. The quantitative estimate of drug-likeness (QED) is 0.812. The molecule has 0 N–H and O–H groups in total. The fourth-order valence-corrected chi connectivity index (χ4v) is 1.97. The Bertz CT molecular complexity index is 808.